The average molecular weight is 543 g/mol. The van der Waals surface area contributed by atoms with Gasteiger partial charge in [0.15, 0.2) is 5.75 Å². The fraction of sp³-hybridized carbons (Fsp3) is 0.125. The van der Waals surface area contributed by atoms with Crippen molar-refractivity contribution in [3.05, 3.63) is 97.3 Å². The van der Waals surface area contributed by atoms with E-state index in [0.29, 0.717) is 4.57 Å². The quantitative estimate of drug-likeness (QED) is 0.302. The van der Waals surface area contributed by atoms with Crippen LogP contribution in [0.4, 0.5) is 23.2 Å². The molecule has 36 heavy (non-hydrogen) atoms. The number of benzene rings is 3. The highest BCUT2D eigenvalue weighted by molar-refractivity contribution is 6.37. The van der Waals surface area contributed by atoms with Crippen molar-refractivity contribution in [2.24, 2.45) is 0 Å². The van der Waals surface area contributed by atoms with E-state index in [2.05, 4.69) is 10.3 Å². The smallest absolute Gasteiger partial charge is 0.416 e. The summed E-state index contributed by atoms with van der Waals surface area (Å²) in [5.41, 5.74) is -3.95. The van der Waals surface area contributed by atoms with Crippen molar-refractivity contribution < 1.29 is 31.6 Å². The van der Waals surface area contributed by atoms with Crippen molar-refractivity contribution in [1.29, 1.82) is 0 Å². The van der Waals surface area contributed by atoms with E-state index < -0.39 is 70.5 Å². The molecule has 4 rings (SSSR count). The third-order valence-electron chi connectivity index (χ3n) is 5.24. The van der Waals surface area contributed by atoms with Crippen LogP contribution in [-0.4, -0.2) is 20.6 Å². The van der Waals surface area contributed by atoms with Crippen molar-refractivity contribution in [3.63, 3.8) is 0 Å². The molecule has 1 amide bonds. The second kappa shape index (κ2) is 9.44. The summed E-state index contributed by atoms with van der Waals surface area (Å²) in [5, 5.41) is 11.0. The Hall–Kier alpha value is -3.63. The predicted molar refractivity (Wildman–Crippen MR) is 127 cm³/mol. The van der Waals surface area contributed by atoms with Gasteiger partial charge in [-0.2, -0.15) is 13.2 Å². The lowest BCUT2D eigenvalue weighted by Gasteiger charge is -2.17. The summed E-state index contributed by atoms with van der Waals surface area (Å²) in [7, 11) is 0. The molecule has 0 saturated heterocycles. The standard InChI is InChI=1S/C24H15Cl2F4N3O3/c1-11-31-20-17(27)6-7-18(32-22(35)13-8-15(25)21(34)16(26)9-13)19(20)23(36)33(11)10-12-4-2-3-5-14(12)24(28,29)30/h2-9,34H,10H2,1H3,(H,32,35)/i1D3. The van der Waals surface area contributed by atoms with Gasteiger partial charge in [0, 0.05) is 9.68 Å². The minimum absolute atomic E-state index is 0.160. The number of alkyl halides is 3. The highest BCUT2D eigenvalue weighted by Gasteiger charge is 2.33. The molecule has 1 heterocycles. The number of hydrogen-bond acceptors (Lipinski definition) is 4. The second-order valence-electron chi connectivity index (χ2n) is 7.54. The third-order valence-corrected chi connectivity index (χ3v) is 5.82. The number of fused-ring (bicyclic) bond motifs is 1. The molecule has 0 unspecified atom stereocenters. The number of anilines is 1. The van der Waals surface area contributed by atoms with Crippen LogP contribution in [0.25, 0.3) is 10.9 Å². The summed E-state index contributed by atoms with van der Waals surface area (Å²) < 4.78 is 79.4. The van der Waals surface area contributed by atoms with Crippen molar-refractivity contribution in [1.82, 2.24) is 9.55 Å². The number of nitrogens with one attached hydrogen (secondary N) is 1. The maximum atomic E-state index is 14.8. The summed E-state index contributed by atoms with van der Waals surface area (Å²) in [5.74, 6) is -3.44. The van der Waals surface area contributed by atoms with Gasteiger partial charge in [-0.3, -0.25) is 14.2 Å². The van der Waals surface area contributed by atoms with Gasteiger partial charge >= 0.3 is 6.18 Å². The summed E-state index contributed by atoms with van der Waals surface area (Å²) in [6, 6.07) is 8.21. The monoisotopic (exact) mass is 542 g/mol. The Bertz CT molecular complexity index is 1670. The zero-order chi connectivity index (χ0) is 28.9. The van der Waals surface area contributed by atoms with Crippen LogP contribution in [0.15, 0.2) is 53.3 Å². The van der Waals surface area contributed by atoms with Gasteiger partial charge in [0.25, 0.3) is 11.5 Å². The van der Waals surface area contributed by atoms with Crippen LogP contribution in [0.1, 0.15) is 31.4 Å². The molecular weight excluding hydrogens is 525 g/mol. The van der Waals surface area contributed by atoms with E-state index in [-0.39, 0.29) is 21.3 Å². The molecule has 0 saturated carbocycles. The Labute approximate surface area is 214 Å². The lowest BCUT2D eigenvalue weighted by atomic mass is 10.1. The number of hydrogen-bond donors (Lipinski definition) is 2. The molecule has 6 nitrogen and oxygen atoms in total. The van der Waals surface area contributed by atoms with Gasteiger partial charge in [0.2, 0.25) is 0 Å². The summed E-state index contributed by atoms with van der Waals surface area (Å²) in [4.78, 5) is 30.3. The number of phenolic OH excluding ortho intramolecular Hbond substituents is 1. The first kappa shape index (κ1) is 21.6. The van der Waals surface area contributed by atoms with Gasteiger partial charge in [0.05, 0.1) is 33.2 Å². The molecule has 1 aromatic heterocycles. The molecule has 0 fully saturated rings. The van der Waals surface area contributed by atoms with E-state index in [1.165, 1.54) is 6.07 Å². The fourth-order valence-corrected chi connectivity index (χ4v) is 4.02. The number of amides is 1. The number of aryl methyl sites for hydroxylation is 1. The van der Waals surface area contributed by atoms with E-state index in [4.69, 9.17) is 27.3 Å². The molecule has 0 spiro atoms. The average Bonchev–Trinajstić information content (AvgIpc) is 2.84. The molecule has 4 aromatic rings. The summed E-state index contributed by atoms with van der Waals surface area (Å²) in [6.45, 7) is -3.98. The molecule has 0 bridgehead atoms. The highest BCUT2D eigenvalue weighted by Crippen LogP contribution is 2.34. The number of halogens is 6. The van der Waals surface area contributed by atoms with Crippen molar-refractivity contribution in [2.75, 3.05) is 5.32 Å². The van der Waals surface area contributed by atoms with Gasteiger partial charge in [-0.1, -0.05) is 41.4 Å². The van der Waals surface area contributed by atoms with E-state index in [9.17, 15) is 32.3 Å². The number of phenols is 1. The van der Waals surface area contributed by atoms with E-state index in [1.807, 2.05) is 0 Å². The number of carbonyl (C=O) groups is 1. The molecule has 0 aliphatic carbocycles. The largest absolute Gasteiger partial charge is 0.505 e. The summed E-state index contributed by atoms with van der Waals surface area (Å²) >= 11 is 11.7. The molecule has 12 heteroatoms. The van der Waals surface area contributed by atoms with Crippen LogP contribution in [0.2, 0.25) is 10.0 Å². The van der Waals surface area contributed by atoms with Crippen molar-refractivity contribution in [3.8, 4) is 5.75 Å². The number of aromatic nitrogens is 2. The molecule has 0 atom stereocenters. The van der Waals surface area contributed by atoms with E-state index in [1.54, 1.807) is 0 Å². The maximum Gasteiger partial charge on any atom is 0.416 e. The number of nitrogens with zero attached hydrogens (tertiary/aromatic N) is 2. The van der Waals surface area contributed by atoms with E-state index >= 15 is 0 Å². The van der Waals surface area contributed by atoms with Gasteiger partial charge in [0.1, 0.15) is 17.2 Å². The first-order valence-electron chi connectivity index (χ1n) is 11.5. The lowest BCUT2D eigenvalue weighted by molar-refractivity contribution is -0.138. The highest BCUT2D eigenvalue weighted by atomic mass is 35.5. The SMILES string of the molecule is [2H]C([2H])([2H])c1nc2c(F)ccc(NC(=O)c3cc(Cl)c(O)c(Cl)c3)c2c(=O)n1Cc1ccccc1C(F)(F)F. The van der Waals surface area contributed by atoms with Gasteiger partial charge in [-0.15, -0.1) is 0 Å². The van der Waals surface area contributed by atoms with Crippen molar-refractivity contribution in [2.45, 2.75) is 19.6 Å². The molecule has 0 aliphatic heterocycles. The zero-order valence-electron chi connectivity index (χ0n) is 20.8. The predicted octanol–water partition coefficient (Wildman–Crippen LogP) is 6.18. The number of rotatable bonds is 4. The minimum Gasteiger partial charge on any atom is -0.505 e. The molecule has 3 aromatic carbocycles. The zero-order valence-corrected chi connectivity index (χ0v) is 19.3. The number of aromatic hydroxyl groups is 1. The number of carbonyl (C=O) groups excluding carboxylic acids is 1. The Morgan fingerprint density at radius 3 is 2.47 bits per heavy atom. The van der Waals surface area contributed by atoms with Gasteiger partial charge < -0.3 is 10.4 Å². The second-order valence-corrected chi connectivity index (χ2v) is 8.36. The van der Waals surface area contributed by atoms with Crippen LogP contribution < -0.4 is 10.9 Å². The Morgan fingerprint density at radius 2 is 1.83 bits per heavy atom. The first-order chi connectivity index (χ1) is 18.1. The third kappa shape index (κ3) is 4.74. The topological polar surface area (TPSA) is 84.2 Å². The van der Waals surface area contributed by atoms with Crippen LogP contribution in [-0.2, 0) is 12.7 Å². The van der Waals surface area contributed by atoms with Crippen LogP contribution in [0, 0.1) is 12.7 Å². The van der Waals surface area contributed by atoms with Gasteiger partial charge in [-0.05, 0) is 42.7 Å². The minimum atomic E-state index is -4.82. The normalized spacial score (nSPS) is 13.2. The Balaban J connectivity index is 1.93. The Morgan fingerprint density at radius 1 is 1.17 bits per heavy atom. The molecule has 0 radical (unpaired) electrons. The maximum absolute atomic E-state index is 14.8. The molecular formula is C24H15Cl2F4N3O3. The summed E-state index contributed by atoms with van der Waals surface area (Å²) in [6.07, 6.45) is -4.82. The van der Waals surface area contributed by atoms with Gasteiger partial charge in [-0.25, -0.2) is 9.37 Å². The van der Waals surface area contributed by atoms with Crippen molar-refractivity contribution >= 4 is 45.7 Å². The van der Waals surface area contributed by atoms with Crippen LogP contribution in [0.3, 0.4) is 0 Å². The van der Waals surface area contributed by atoms with Crippen LogP contribution in [0.5, 0.6) is 5.75 Å². The Kier molecular flexibility index (Phi) is 5.67. The molecule has 2 N–H and O–H groups in total. The first-order valence-corrected chi connectivity index (χ1v) is 10.7. The lowest BCUT2D eigenvalue weighted by Crippen LogP contribution is -2.27. The molecule has 186 valence electrons. The van der Waals surface area contributed by atoms with E-state index in [0.717, 1.165) is 42.5 Å². The fourth-order valence-electron chi connectivity index (χ4n) is 3.54. The van der Waals surface area contributed by atoms with Crippen LogP contribution >= 0.6 is 23.2 Å². The molecule has 0 aliphatic rings.